The number of amides is 1. The lowest BCUT2D eigenvalue weighted by Crippen LogP contribution is -2.50. The van der Waals surface area contributed by atoms with Gasteiger partial charge in [0.25, 0.3) is 0 Å². The zero-order chi connectivity index (χ0) is 24.9. The fraction of sp³-hybridized carbons (Fsp3) is 0.320. The quantitative estimate of drug-likeness (QED) is 0.358. The van der Waals surface area contributed by atoms with Gasteiger partial charge in [-0.2, -0.15) is 0 Å². The molecule has 0 saturated carbocycles. The number of para-hydroxylation sites is 2. The number of aromatic carboxylic acids is 1. The summed E-state index contributed by atoms with van der Waals surface area (Å²) in [5.74, 6) is -1.96. The highest BCUT2D eigenvalue weighted by atomic mass is 35.5. The topological polar surface area (TPSA) is 127 Å². The number of rotatable bonds is 6. The summed E-state index contributed by atoms with van der Waals surface area (Å²) in [5, 5.41) is 12.4. The Morgan fingerprint density at radius 1 is 1.33 bits per heavy atom. The third-order valence-electron chi connectivity index (χ3n) is 6.52. The van der Waals surface area contributed by atoms with Crippen LogP contribution in [0.3, 0.4) is 0 Å². The SMILES string of the molecule is CCCC(N)C(=O)NC1CCCN1c1c(F)cc2c(=O)c(C(=O)O)cn3c2c1Oc1ccccc1-3.Cl. The number of carboxylic acids is 1. The number of halogens is 2. The second-order valence-electron chi connectivity index (χ2n) is 8.80. The molecule has 0 spiro atoms. The second-order valence-corrected chi connectivity index (χ2v) is 8.80. The normalized spacial score (nSPS) is 16.6. The summed E-state index contributed by atoms with van der Waals surface area (Å²) < 4.78 is 23.4. The number of carbonyl (C=O) groups is 2. The maximum Gasteiger partial charge on any atom is 0.341 e. The molecule has 1 fully saturated rings. The van der Waals surface area contributed by atoms with Gasteiger partial charge < -0.3 is 30.4 Å². The number of fused-ring (bicyclic) bond motifs is 2. The van der Waals surface area contributed by atoms with E-state index in [1.54, 1.807) is 33.7 Å². The van der Waals surface area contributed by atoms with Crippen LogP contribution in [-0.2, 0) is 4.79 Å². The zero-order valence-electron chi connectivity index (χ0n) is 19.5. The third-order valence-corrected chi connectivity index (χ3v) is 6.52. The smallest absolute Gasteiger partial charge is 0.341 e. The average molecular weight is 517 g/mol. The molecule has 1 aromatic heterocycles. The van der Waals surface area contributed by atoms with Crippen molar-refractivity contribution >= 4 is 40.9 Å². The van der Waals surface area contributed by atoms with Gasteiger partial charge in [-0.1, -0.05) is 25.5 Å². The van der Waals surface area contributed by atoms with E-state index in [-0.39, 0.29) is 40.7 Å². The first-order chi connectivity index (χ1) is 16.8. The third kappa shape index (κ3) is 4.06. The van der Waals surface area contributed by atoms with Crippen LogP contribution in [0.25, 0.3) is 16.6 Å². The molecule has 2 unspecified atom stereocenters. The van der Waals surface area contributed by atoms with Gasteiger partial charge in [0.15, 0.2) is 17.3 Å². The maximum atomic E-state index is 15.7. The van der Waals surface area contributed by atoms with Gasteiger partial charge >= 0.3 is 5.97 Å². The van der Waals surface area contributed by atoms with Crippen molar-refractivity contribution in [2.75, 3.05) is 11.4 Å². The van der Waals surface area contributed by atoms with E-state index in [1.165, 1.54) is 6.20 Å². The number of ether oxygens (including phenoxy) is 1. The molecular weight excluding hydrogens is 491 g/mol. The molecule has 2 aliphatic heterocycles. The highest BCUT2D eigenvalue weighted by Crippen LogP contribution is 2.47. The predicted molar refractivity (Wildman–Crippen MR) is 135 cm³/mol. The van der Waals surface area contributed by atoms with Gasteiger partial charge in [-0.3, -0.25) is 9.59 Å². The molecule has 0 bridgehead atoms. The van der Waals surface area contributed by atoms with Crippen LogP contribution >= 0.6 is 12.4 Å². The number of anilines is 1. The van der Waals surface area contributed by atoms with E-state index in [9.17, 15) is 19.5 Å². The van der Waals surface area contributed by atoms with Crippen molar-refractivity contribution in [3.8, 4) is 17.2 Å². The molecule has 36 heavy (non-hydrogen) atoms. The number of nitrogens with zero attached hydrogens (tertiary/aromatic N) is 2. The van der Waals surface area contributed by atoms with Gasteiger partial charge in [0.2, 0.25) is 11.3 Å². The number of hydrogen-bond acceptors (Lipinski definition) is 6. The van der Waals surface area contributed by atoms with Crippen LogP contribution < -0.4 is 26.1 Å². The van der Waals surface area contributed by atoms with E-state index in [1.807, 2.05) is 6.92 Å². The Hall–Kier alpha value is -3.63. The number of benzene rings is 2. The summed E-state index contributed by atoms with van der Waals surface area (Å²) in [6.45, 7) is 2.39. The van der Waals surface area contributed by atoms with E-state index in [0.29, 0.717) is 37.2 Å². The monoisotopic (exact) mass is 516 g/mol. The van der Waals surface area contributed by atoms with Crippen molar-refractivity contribution in [1.29, 1.82) is 0 Å². The Labute approximate surface area is 212 Å². The number of carbonyl (C=O) groups excluding carboxylic acids is 1. The van der Waals surface area contributed by atoms with Crippen LogP contribution in [0.15, 0.2) is 41.3 Å². The molecule has 190 valence electrons. The first-order valence-electron chi connectivity index (χ1n) is 11.6. The Balaban J connectivity index is 0.00000304. The summed E-state index contributed by atoms with van der Waals surface area (Å²) in [6, 6.07) is 7.30. The molecule has 9 nitrogen and oxygen atoms in total. The number of aromatic nitrogens is 1. The number of hydrogen-bond donors (Lipinski definition) is 3. The Bertz CT molecular complexity index is 1430. The highest BCUT2D eigenvalue weighted by Gasteiger charge is 2.35. The van der Waals surface area contributed by atoms with Gasteiger partial charge in [-0.15, -0.1) is 12.4 Å². The van der Waals surface area contributed by atoms with Crippen molar-refractivity contribution in [2.24, 2.45) is 5.73 Å². The zero-order valence-corrected chi connectivity index (χ0v) is 20.3. The highest BCUT2D eigenvalue weighted by molar-refractivity contribution is 5.99. The van der Waals surface area contributed by atoms with E-state index in [2.05, 4.69) is 5.32 Å². The Kier molecular flexibility index (Phi) is 6.92. The summed E-state index contributed by atoms with van der Waals surface area (Å²) in [4.78, 5) is 39.0. The lowest BCUT2D eigenvalue weighted by molar-refractivity contribution is -0.123. The van der Waals surface area contributed by atoms with E-state index in [0.717, 1.165) is 12.5 Å². The number of nitrogens with two attached hydrogens (primary N) is 1. The van der Waals surface area contributed by atoms with Crippen molar-refractivity contribution in [3.05, 3.63) is 58.1 Å². The maximum absolute atomic E-state index is 15.7. The van der Waals surface area contributed by atoms with E-state index in [4.69, 9.17) is 10.5 Å². The van der Waals surface area contributed by atoms with Crippen molar-refractivity contribution in [3.63, 3.8) is 0 Å². The van der Waals surface area contributed by atoms with Crippen LogP contribution in [0.5, 0.6) is 11.5 Å². The summed E-state index contributed by atoms with van der Waals surface area (Å²) in [5.41, 5.74) is 5.62. The fourth-order valence-electron chi connectivity index (χ4n) is 4.87. The first-order valence-corrected chi connectivity index (χ1v) is 11.6. The molecule has 5 rings (SSSR count). The Morgan fingerprint density at radius 3 is 2.81 bits per heavy atom. The number of carboxylic acid groups (broad SMARTS) is 1. The van der Waals surface area contributed by atoms with Crippen molar-refractivity contribution < 1.29 is 23.8 Å². The minimum Gasteiger partial charge on any atom is -0.477 e. The minimum atomic E-state index is -1.40. The Morgan fingerprint density at radius 2 is 2.08 bits per heavy atom. The first kappa shape index (κ1) is 25.5. The van der Waals surface area contributed by atoms with Gasteiger partial charge in [-0.05, 0) is 37.5 Å². The van der Waals surface area contributed by atoms with E-state index >= 15 is 4.39 Å². The summed E-state index contributed by atoms with van der Waals surface area (Å²) in [7, 11) is 0. The molecule has 0 radical (unpaired) electrons. The minimum absolute atomic E-state index is 0. The number of nitrogens with one attached hydrogen (secondary N) is 1. The molecule has 2 atom stereocenters. The molecule has 3 heterocycles. The number of pyridine rings is 1. The standard InChI is InChI=1S/C25H25FN4O5.ClH/c1-2-6-16(27)24(32)28-19-9-5-10-29(19)21-15(26)11-13-20-23(21)35-18-8-4-3-7-17(18)30(20)12-14(22(13)31)25(33)34;/h3-4,7-8,11-12,16,19H,2,5-6,9-10,27H2,1H3,(H,28,32)(H,33,34);1H. The van der Waals surface area contributed by atoms with Crippen molar-refractivity contribution in [1.82, 2.24) is 9.88 Å². The largest absolute Gasteiger partial charge is 0.477 e. The lowest BCUT2D eigenvalue weighted by Gasteiger charge is -2.32. The molecule has 1 amide bonds. The van der Waals surface area contributed by atoms with Crippen LogP contribution in [0.4, 0.5) is 10.1 Å². The lowest BCUT2D eigenvalue weighted by atomic mass is 10.1. The van der Waals surface area contributed by atoms with E-state index < -0.39 is 35.0 Å². The molecule has 3 aromatic rings. The van der Waals surface area contributed by atoms with Crippen LogP contribution in [0.1, 0.15) is 43.0 Å². The molecule has 0 aliphatic carbocycles. The van der Waals surface area contributed by atoms with Gasteiger partial charge in [-0.25, -0.2) is 9.18 Å². The van der Waals surface area contributed by atoms with Gasteiger partial charge in [0.05, 0.1) is 17.1 Å². The van der Waals surface area contributed by atoms with Crippen LogP contribution in [0.2, 0.25) is 0 Å². The van der Waals surface area contributed by atoms with Crippen LogP contribution in [0, 0.1) is 5.82 Å². The molecule has 2 aliphatic rings. The van der Waals surface area contributed by atoms with Crippen LogP contribution in [-0.4, -0.2) is 40.3 Å². The molecule has 1 saturated heterocycles. The molecule has 2 aromatic carbocycles. The molecular formula is C25H26ClFN4O5. The summed E-state index contributed by atoms with van der Waals surface area (Å²) >= 11 is 0. The second kappa shape index (κ2) is 9.79. The predicted octanol–water partition coefficient (Wildman–Crippen LogP) is 3.53. The fourth-order valence-corrected chi connectivity index (χ4v) is 4.87. The summed E-state index contributed by atoms with van der Waals surface area (Å²) in [6.07, 6.45) is 3.32. The van der Waals surface area contributed by atoms with Gasteiger partial charge in [0, 0.05) is 12.7 Å². The van der Waals surface area contributed by atoms with Crippen molar-refractivity contribution in [2.45, 2.75) is 44.8 Å². The van der Waals surface area contributed by atoms with Gasteiger partial charge in [0.1, 0.15) is 22.9 Å². The molecule has 11 heteroatoms. The average Bonchev–Trinajstić information content (AvgIpc) is 3.27. The molecule has 4 N–H and O–H groups in total.